The highest BCUT2D eigenvalue weighted by Gasteiger charge is 1.70. The van der Waals surface area contributed by atoms with Gasteiger partial charge in [0.15, 0.2) is 0 Å². The van der Waals surface area contributed by atoms with Crippen molar-refractivity contribution in [1.29, 1.82) is 0 Å². The lowest BCUT2D eigenvalue weighted by atomic mass is 16.0. The molecule has 0 aromatic rings. The summed E-state index contributed by atoms with van der Waals surface area (Å²) < 4.78 is 25.7. The fourth-order valence-corrected chi connectivity index (χ4v) is 0. The van der Waals surface area contributed by atoms with E-state index < -0.39 is 21.1 Å². The Morgan fingerprint density at radius 1 is 1.17 bits per heavy atom. The van der Waals surface area contributed by atoms with Crippen molar-refractivity contribution in [2.45, 2.75) is 0 Å². The Hall–Kier alpha value is 2.07. The third-order valence-corrected chi connectivity index (χ3v) is 0. The van der Waals surface area contributed by atoms with Crippen LogP contribution in [-0.4, -0.2) is 0 Å². The van der Waals surface area contributed by atoms with Crippen LogP contribution in [0.3, 0.4) is 0 Å². The zero-order chi connectivity index (χ0) is 5.58. The first-order valence-electron chi connectivity index (χ1n) is 0.617. The van der Waals surface area contributed by atoms with Crippen molar-refractivity contribution in [1.82, 2.24) is 0 Å². The molecule has 0 bridgehead atoms. The summed E-state index contributed by atoms with van der Waals surface area (Å²) in [7, 11) is 0. The Morgan fingerprint density at radius 3 is 1.17 bits per heavy atom. The van der Waals surface area contributed by atoms with Gasteiger partial charge in [-0.1, -0.05) is 0 Å². The van der Waals surface area contributed by atoms with Gasteiger partial charge in [-0.3, -0.25) is 0 Å². The molecule has 0 saturated heterocycles. The lowest BCUT2D eigenvalue weighted by Gasteiger charge is -1.84. The topological polar surface area (TPSA) is 69.2 Å². The van der Waals surface area contributed by atoms with E-state index in [9.17, 15) is 0 Å². The first-order chi connectivity index (χ1) is 2.73. The highest BCUT2D eigenvalue weighted by Crippen LogP contribution is 1.13. The average molecular weight is 430 g/mol. The molecule has 0 heterocycles. The molecule has 0 aromatic heterocycles. The Morgan fingerprint density at radius 2 is 1.17 bits per heavy atom. The van der Waals surface area contributed by atoms with Gasteiger partial charge in [-0.2, -0.15) is 0 Å². The van der Waals surface area contributed by atoms with Crippen LogP contribution < -0.4 is 50.0 Å². The summed E-state index contributed by atoms with van der Waals surface area (Å²) in [6, 6.07) is 0. The van der Waals surface area contributed by atoms with Crippen molar-refractivity contribution < 1.29 is 50.0 Å². The Labute approximate surface area is 67.5 Å². The van der Waals surface area contributed by atoms with Crippen LogP contribution in [0.5, 0.6) is 0 Å². The molecule has 0 aliphatic carbocycles. The van der Waals surface area contributed by atoms with E-state index in [0.29, 0.717) is 0 Å². The second kappa shape index (κ2) is 10.1. The van der Waals surface area contributed by atoms with Crippen LogP contribution in [0, 0.1) is 0 Å². The van der Waals surface area contributed by atoms with E-state index in [0.717, 1.165) is 0 Å². The zero-order valence-corrected chi connectivity index (χ0v) is 9.03. The molecule has 0 spiro atoms. The summed E-state index contributed by atoms with van der Waals surface area (Å²) in [6.07, 6.45) is 0. The SMILES string of the molecule is I[IH+].[O-][I+2]([O-])[O-]. The lowest BCUT2D eigenvalue weighted by Crippen LogP contribution is -4.05. The van der Waals surface area contributed by atoms with Crippen LogP contribution >= 0.6 is 18.6 Å². The maximum atomic E-state index is 8.57. The molecule has 0 aliphatic rings. The first kappa shape index (κ1) is 10.9. The minimum Gasteiger partial charge on any atom is -0.427 e. The predicted molar refractivity (Wildman–Crippen MR) is 15.4 cm³/mol. The fourth-order valence-electron chi connectivity index (χ4n) is 0. The summed E-state index contributed by atoms with van der Waals surface area (Å²) in [5.74, 6) is 0. The number of hydrogen-bond acceptors (Lipinski definition) is 3. The van der Waals surface area contributed by atoms with E-state index in [4.69, 9.17) is 10.3 Å². The monoisotopic (exact) mass is 430 g/mol. The van der Waals surface area contributed by atoms with Gasteiger partial charge in [0.2, 0.25) is 0 Å². The highest BCUT2D eigenvalue weighted by atomic mass is 128. The molecule has 0 saturated carbocycles. The van der Waals surface area contributed by atoms with E-state index in [1.165, 1.54) is 0 Å². The zero-order valence-electron chi connectivity index (χ0n) is 2.39. The Kier molecular flexibility index (Phi) is 18.5. The molecule has 0 rings (SSSR count). The minimum atomic E-state index is -4.01. The maximum absolute atomic E-state index is 8.57. The van der Waals surface area contributed by atoms with Crippen molar-refractivity contribution >= 4 is 18.6 Å². The van der Waals surface area contributed by atoms with Crippen LogP contribution in [0.15, 0.2) is 0 Å². The standard InChI is InChI=1S/HI2.IO3/c1-2;2-1(3)4/h1H;/q+1;-1. The molecule has 0 N–H and O–H groups in total. The predicted octanol–water partition coefficient (Wildman–Crippen LogP) is -8.94. The van der Waals surface area contributed by atoms with Gasteiger partial charge >= 0.3 is 18.6 Å². The third-order valence-electron chi connectivity index (χ3n) is 0. The molecular weight excluding hydrogens is 429 g/mol. The highest BCUT2D eigenvalue weighted by molar-refractivity contribution is 14.1. The van der Waals surface area contributed by atoms with Gasteiger partial charge in [0, 0.05) is 0 Å². The second-order valence-corrected chi connectivity index (χ2v) is 1.27. The lowest BCUT2D eigenvalue weighted by molar-refractivity contribution is -1.73. The van der Waals surface area contributed by atoms with Crippen LogP contribution in [-0.2, 0) is 0 Å². The Balaban J connectivity index is 0. The van der Waals surface area contributed by atoms with Gasteiger partial charge in [-0.25, -0.2) is 0 Å². The van der Waals surface area contributed by atoms with Gasteiger partial charge in [0.05, 0.1) is 0 Å². The van der Waals surface area contributed by atoms with Crippen LogP contribution in [0.25, 0.3) is 0 Å². The van der Waals surface area contributed by atoms with Gasteiger partial charge in [0.25, 0.3) is 39.7 Å². The summed E-state index contributed by atoms with van der Waals surface area (Å²) in [5, 5.41) is 0. The van der Waals surface area contributed by atoms with Crippen LogP contribution in [0.4, 0.5) is 0 Å². The van der Waals surface area contributed by atoms with E-state index in [1.807, 2.05) is 18.6 Å². The number of hydrogen-bond donors (Lipinski definition) is 0. The van der Waals surface area contributed by atoms with E-state index >= 15 is 0 Å². The summed E-state index contributed by atoms with van der Waals surface area (Å²) >= 11 is 0.0667. The molecule has 0 radical (unpaired) electrons. The van der Waals surface area contributed by atoms with Gasteiger partial charge in [-0.05, 0) is 0 Å². The van der Waals surface area contributed by atoms with E-state index in [2.05, 4.69) is 18.6 Å². The smallest absolute Gasteiger partial charge is 0.328 e. The second-order valence-electron chi connectivity index (χ2n) is 0.189. The first-order valence-corrected chi connectivity index (χ1v) is 10.0. The van der Waals surface area contributed by atoms with Gasteiger partial charge in [0.1, 0.15) is 0 Å². The third kappa shape index (κ3) is 36.4. The molecule has 0 unspecified atom stereocenters. The van der Waals surface area contributed by atoms with Crippen molar-refractivity contribution in [3.8, 4) is 0 Å². The van der Waals surface area contributed by atoms with Crippen LogP contribution in [0.1, 0.15) is 0 Å². The summed E-state index contributed by atoms with van der Waals surface area (Å²) in [5.41, 5.74) is 0. The molecule has 0 amide bonds. The average Bonchev–Trinajstić information content (AvgIpc) is 1.41. The van der Waals surface area contributed by atoms with E-state index in [-0.39, 0.29) is 0 Å². The number of halogens is 3. The minimum absolute atomic E-state index is 1.92. The molecule has 40 valence electrons. The molecule has 0 aliphatic heterocycles. The normalized spacial score (nSPS) is 7.00. The Bertz CT molecular complexity index is 10.8. The van der Waals surface area contributed by atoms with Crippen LogP contribution in [0.2, 0.25) is 0 Å². The largest absolute Gasteiger partial charge is 0.427 e. The van der Waals surface area contributed by atoms with Crippen molar-refractivity contribution in [3.63, 3.8) is 0 Å². The summed E-state index contributed by atoms with van der Waals surface area (Å²) in [6.45, 7) is 0. The quantitative estimate of drug-likeness (QED) is 0.359. The molecule has 6 heavy (non-hydrogen) atoms. The van der Waals surface area contributed by atoms with Gasteiger partial charge < -0.3 is 10.3 Å². The molecule has 0 aromatic carbocycles. The van der Waals surface area contributed by atoms with Gasteiger partial charge in [-0.15, -0.1) is 0 Å². The molecule has 6 heteroatoms. The number of rotatable bonds is 0. The summed E-state index contributed by atoms with van der Waals surface area (Å²) in [4.78, 5) is 0. The molecule has 0 fully saturated rings. The van der Waals surface area contributed by atoms with E-state index in [1.54, 1.807) is 0 Å². The fraction of sp³-hybridized carbons (Fsp3) is 0. The maximum Gasteiger partial charge on any atom is 0.328 e. The molecular formula is HI3O3. The van der Waals surface area contributed by atoms with Crippen molar-refractivity contribution in [3.05, 3.63) is 0 Å². The molecule has 0 atom stereocenters. The van der Waals surface area contributed by atoms with Crippen molar-refractivity contribution in [2.75, 3.05) is 0 Å². The van der Waals surface area contributed by atoms with Crippen molar-refractivity contribution in [2.24, 2.45) is 0 Å². The molecule has 3 nitrogen and oxygen atoms in total.